The van der Waals surface area contributed by atoms with Crippen LogP contribution in [0.5, 0.6) is 5.75 Å². The Morgan fingerprint density at radius 1 is 1.10 bits per heavy atom. The molecule has 0 saturated heterocycles. The molecular formula is C14H12O7. The third kappa shape index (κ3) is 6.67. The van der Waals surface area contributed by atoms with Gasteiger partial charge in [0.05, 0.1) is 6.42 Å². The minimum atomic E-state index is -1.27. The molecule has 0 unspecified atom stereocenters. The van der Waals surface area contributed by atoms with Crippen LogP contribution in [0.2, 0.25) is 0 Å². The van der Waals surface area contributed by atoms with Crippen LogP contribution in [0.25, 0.3) is 0 Å². The second-order valence-electron chi connectivity index (χ2n) is 3.75. The highest BCUT2D eigenvalue weighted by Gasteiger charge is 2.07. The number of carboxylic acids is 1. The average Bonchev–Trinajstić information content (AvgIpc) is 2.46. The van der Waals surface area contributed by atoms with E-state index >= 15 is 0 Å². The molecule has 7 heteroatoms. The lowest BCUT2D eigenvalue weighted by Crippen LogP contribution is -2.13. The SMILES string of the molecule is O=Cc1ccc(OC(=O)CCOC(=O)/C=C/C(=O)O)cc1. The molecule has 1 aromatic carbocycles. The zero-order valence-corrected chi connectivity index (χ0v) is 10.9. The topological polar surface area (TPSA) is 107 Å². The summed E-state index contributed by atoms with van der Waals surface area (Å²) < 4.78 is 9.54. The molecule has 1 N–H and O–H groups in total. The van der Waals surface area contributed by atoms with Crippen molar-refractivity contribution in [1.29, 1.82) is 0 Å². The number of rotatable bonds is 7. The highest BCUT2D eigenvalue weighted by atomic mass is 16.5. The molecule has 1 aromatic rings. The molecule has 0 aliphatic rings. The Morgan fingerprint density at radius 2 is 1.76 bits per heavy atom. The molecule has 7 nitrogen and oxygen atoms in total. The second-order valence-corrected chi connectivity index (χ2v) is 3.75. The van der Waals surface area contributed by atoms with Gasteiger partial charge in [-0.2, -0.15) is 0 Å². The third-order valence-corrected chi connectivity index (χ3v) is 2.16. The van der Waals surface area contributed by atoms with Crippen molar-refractivity contribution < 1.29 is 33.8 Å². The van der Waals surface area contributed by atoms with Crippen molar-refractivity contribution in [3.63, 3.8) is 0 Å². The molecule has 0 aromatic heterocycles. The fraction of sp³-hybridized carbons (Fsp3) is 0.143. The minimum absolute atomic E-state index is 0.178. The summed E-state index contributed by atoms with van der Waals surface area (Å²) in [5.41, 5.74) is 0.453. The number of hydrogen-bond donors (Lipinski definition) is 1. The maximum atomic E-state index is 11.4. The Balaban J connectivity index is 2.32. The highest BCUT2D eigenvalue weighted by Crippen LogP contribution is 2.11. The van der Waals surface area contributed by atoms with Crippen LogP contribution in [0.15, 0.2) is 36.4 Å². The Bertz CT molecular complexity index is 557. The predicted octanol–water partition coefficient (Wildman–Crippen LogP) is 0.979. The monoisotopic (exact) mass is 292 g/mol. The Kier molecular flexibility index (Phi) is 6.33. The van der Waals surface area contributed by atoms with Crippen LogP contribution in [0.3, 0.4) is 0 Å². The van der Waals surface area contributed by atoms with Gasteiger partial charge in [0.1, 0.15) is 18.6 Å². The Morgan fingerprint density at radius 3 is 2.33 bits per heavy atom. The van der Waals surface area contributed by atoms with Gasteiger partial charge in [-0.15, -0.1) is 0 Å². The maximum absolute atomic E-state index is 11.4. The molecule has 0 bridgehead atoms. The molecule has 21 heavy (non-hydrogen) atoms. The van der Waals surface area contributed by atoms with Crippen LogP contribution in [-0.4, -0.2) is 35.9 Å². The van der Waals surface area contributed by atoms with Gasteiger partial charge in [0.2, 0.25) is 0 Å². The lowest BCUT2D eigenvalue weighted by atomic mass is 10.2. The lowest BCUT2D eigenvalue weighted by Gasteiger charge is -2.04. The number of aliphatic carboxylic acids is 1. The van der Waals surface area contributed by atoms with Crippen LogP contribution in [-0.2, 0) is 19.1 Å². The van der Waals surface area contributed by atoms with Crippen LogP contribution in [0.4, 0.5) is 0 Å². The van der Waals surface area contributed by atoms with E-state index in [4.69, 9.17) is 9.84 Å². The Labute approximate surface area is 119 Å². The number of hydrogen-bond acceptors (Lipinski definition) is 6. The van der Waals surface area contributed by atoms with Crippen LogP contribution in [0, 0.1) is 0 Å². The Hall–Kier alpha value is -2.96. The van der Waals surface area contributed by atoms with Crippen molar-refractivity contribution in [3.8, 4) is 5.75 Å². The van der Waals surface area contributed by atoms with E-state index in [0.717, 1.165) is 6.08 Å². The van der Waals surface area contributed by atoms with Crippen molar-refractivity contribution in [2.45, 2.75) is 6.42 Å². The molecule has 0 aliphatic carbocycles. The first-order valence-corrected chi connectivity index (χ1v) is 5.85. The predicted molar refractivity (Wildman–Crippen MR) is 69.8 cm³/mol. The lowest BCUT2D eigenvalue weighted by molar-refractivity contribution is -0.142. The maximum Gasteiger partial charge on any atom is 0.331 e. The molecule has 0 atom stereocenters. The van der Waals surface area contributed by atoms with Gasteiger partial charge in [-0.3, -0.25) is 9.59 Å². The molecule has 110 valence electrons. The van der Waals surface area contributed by atoms with Gasteiger partial charge in [0, 0.05) is 17.7 Å². The van der Waals surface area contributed by atoms with Crippen molar-refractivity contribution in [3.05, 3.63) is 42.0 Å². The molecule has 0 heterocycles. The molecule has 0 fully saturated rings. The van der Waals surface area contributed by atoms with Gasteiger partial charge in [0.15, 0.2) is 0 Å². The second kappa shape index (κ2) is 8.26. The summed E-state index contributed by atoms with van der Waals surface area (Å²) in [7, 11) is 0. The molecule has 0 saturated carbocycles. The fourth-order valence-corrected chi connectivity index (χ4v) is 1.22. The normalized spacial score (nSPS) is 10.1. The van der Waals surface area contributed by atoms with E-state index in [0.29, 0.717) is 17.9 Å². The smallest absolute Gasteiger partial charge is 0.331 e. The first kappa shape index (κ1) is 16.1. The largest absolute Gasteiger partial charge is 0.478 e. The van der Waals surface area contributed by atoms with Crippen molar-refractivity contribution in [2.24, 2.45) is 0 Å². The molecule has 0 amide bonds. The van der Waals surface area contributed by atoms with E-state index in [-0.39, 0.29) is 18.8 Å². The number of aldehydes is 1. The quantitative estimate of drug-likeness (QED) is 0.345. The summed E-state index contributed by atoms with van der Waals surface area (Å²) in [5.74, 6) is -2.49. The summed E-state index contributed by atoms with van der Waals surface area (Å²) in [5, 5.41) is 8.29. The van der Waals surface area contributed by atoms with Crippen molar-refractivity contribution >= 4 is 24.2 Å². The van der Waals surface area contributed by atoms with Crippen molar-refractivity contribution in [2.75, 3.05) is 6.61 Å². The van der Waals surface area contributed by atoms with E-state index in [2.05, 4.69) is 4.74 Å². The zero-order valence-electron chi connectivity index (χ0n) is 10.9. The fourth-order valence-electron chi connectivity index (χ4n) is 1.22. The van der Waals surface area contributed by atoms with Gasteiger partial charge in [-0.05, 0) is 24.3 Å². The first-order chi connectivity index (χ1) is 10.0. The van der Waals surface area contributed by atoms with E-state index in [1.165, 1.54) is 24.3 Å². The number of carbonyl (C=O) groups excluding carboxylic acids is 3. The summed E-state index contributed by atoms with van der Waals surface area (Å²) in [4.78, 5) is 43.0. The molecule has 0 spiro atoms. The van der Waals surface area contributed by atoms with Gasteiger partial charge >= 0.3 is 17.9 Å². The molecule has 1 rings (SSSR count). The van der Waals surface area contributed by atoms with Gasteiger partial charge < -0.3 is 14.6 Å². The summed E-state index contributed by atoms with van der Waals surface area (Å²) >= 11 is 0. The number of carbonyl (C=O) groups is 4. The van der Waals surface area contributed by atoms with Crippen molar-refractivity contribution in [1.82, 2.24) is 0 Å². The number of esters is 2. The molecule has 0 aliphatic heterocycles. The number of ether oxygens (including phenoxy) is 2. The highest BCUT2D eigenvalue weighted by molar-refractivity contribution is 5.90. The van der Waals surface area contributed by atoms with E-state index in [1.807, 2.05) is 0 Å². The number of benzene rings is 1. The van der Waals surface area contributed by atoms with E-state index in [1.54, 1.807) is 0 Å². The summed E-state index contributed by atoms with van der Waals surface area (Å²) in [6.07, 6.45) is 1.86. The molecular weight excluding hydrogens is 280 g/mol. The third-order valence-electron chi connectivity index (χ3n) is 2.16. The first-order valence-electron chi connectivity index (χ1n) is 5.85. The van der Waals surface area contributed by atoms with Crippen LogP contribution >= 0.6 is 0 Å². The van der Waals surface area contributed by atoms with Gasteiger partial charge in [-0.25, -0.2) is 9.59 Å². The minimum Gasteiger partial charge on any atom is -0.478 e. The van der Waals surface area contributed by atoms with Gasteiger partial charge in [-0.1, -0.05) is 0 Å². The van der Waals surface area contributed by atoms with E-state index < -0.39 is 17.9 Å². The zero-order chi connectivity index (χ0) is 15.7. The summed E-state index contributed by atoms with van der Waals surface area (Å²) in [6, 6.07) is 5.91. The molecule has 0 radical (unpaired) electrons. The average molecular weight is 292 g/mol. The van der Waals surface area contributed by atoms with Crippen LogP contribution < -0.4 is 4.74 Å². The summed E-state index contributed by atoms with van der Waals surface area (Å²) in [6.45, 7) is -0.228. The van der Waals surface area contributed by atoms with Gasteiger partial charge in [0.25, 0.3) is 0 Å². The standard InChI is InChI=1S/C14H12O7/c15-9-10-1-3-11(4-2-10)21-14(19)7-8-20-13(18)6-5-12(16)17/h1-6,9H,7-8H2,(H,16,17)/b6-5+. The number of carboxylic acid groups (broad SMARTS) is 1. The van der Waals surface area contributed by atoms with E-state index in [9.17, 15) is 19.2 Å². The van der Waals surface area contributed by atoms with Crippen LogP contribution in [0.1, 0.15) is 16.8 Å².